The molecule has 5 rings (SSSR count). The molecule has 0 bridgehead atoms. The van der Waals surface area contributed by atoms with Gasteiger partial charge in [0.05, 0.1) is 26.1 Å². The zero-order valence-corrected chi connectivity index (χ0v) is 22.1. The van der Waals surface area contributed by atoms with E-state index in [1.807, 2.05) is 12.1 Å². The van der Waals surface area contributed by atoms with Crippen molar-refractivity contribution in [3.63, 3.8) is 0 Å². The molecule has 1 aliphatic carbocycles. The predicted molar refractivity (Wildman–Crippen MR) is 144 cm³/mol. The summed E-state index contributed by atoms with van der Waals surface area (Å²) in [4.78, 5) is 2.11. The van der Waals surface area contributed by atoms with Crippen molar-refractivity contribution in [3.8, 4) is 11.5 Å². The van der Waals surface area contributed by atoms with Crippen molar-refractivity contribution in [2.75, 3.05) is 40.3 Å². The second-order valence-electron chi connectivity index (χ2n) is 9.85. The van der Waals surface area contributed by atoms with Crippen LogP contribution in [0.1, 0.15) is 52.3 Å². The van der Waals surface area contributed by atoms with E-state index in [4.69, 9.17) is 18.9 Å². The third kappa shape index (κ3) is 4.01. The summed E-state index contributed by atoms with van der Waals surface area (Å²) in [5, 5.41) is 0. The molecule has 2 atom stereocenters. The summed E-state index contributed by atoms with van der Waals surface area (Å²) in [5.41, 5.74) is 7.48. The van der Waals surface area contributed by atoms with E-state index >= 15 is 0 Å². The Kier molecular flexibility index (Phi) is 6.44. The Balaban J connectivity index is 1.71. The van der Waals surface area contributed by atoms with Crippen LogP contribution in [0.4, 0.5) is 5.69 Å². The van der Waals surface area contributed by atoms with Crippen molar-refractivity contribution in [2.45, 2.75) is 37.9 Å². The van der Waals surface area contributed by atoms with E-state index < -0.39 is 5.60 Å². The van der Waals surface area contributed by atoms with E-state index in [1.165, 1.54) is 11.1 Å². The van der Waals surface area contributed by atoms with Gasteiger partial charge in [-0.3, -0.25) is 0 Å². The van der Waals surface area contributed by atoms with Crippen molar-refractivity contribution < 1.29 is 18.9 Å². The molecule has 5 heteroatoms. The summed E-state index contributed by atoms with van der Waals surface area (Å²) in [6.07, 6.45) is 4.52. The molecule has 5 nitrogen and oxygen atoms in total. The van der Waals surface area contributed by atoms with Gasteiger partial charge >= 0.3 is 0 Å². The summed E-state index contributed by atoms with van der Waals surface area (Å²) >= 11 is 0. The van der Waals surface area contributed by atoms with Gasteiger partial charge in [0.1, 0.15) is 11.5 Å². The number of ether oxygens (including phenoxy) is 4. The topological polar surface area (TPSA) is 40.2 Å². The summed E-state index contributed by atoms with van der Waals surface area (Å²) in [6, 6.07) is 19.3. The molecule has 1 heterocycles. The van der Waals surface area contributed by atoms with Crippen LogP contribution in [-0.4, -0.2) is 35.4 Å². The van der Waals surface area contributed by atoms with E-state index in [-0.39, 0.29) is 6.10 Å². The first-order chi connectivity index (χ1) is 17.4. The Morgan fingerprint density at radius 3 is 2.17 bits per heavy atom. The van der Waals surface area contributed by atoms with E-state index in [0.717, 1.165) is 58.0 Å². The van der Waals surface area contributed by atoms with Crippen LogP contribution in [0.2, 0.25) is 0 Å². The number of anilines is 1. The lowest BCUT2D eigenvalue weighted by atomic mass is 9.77. The van der Waals surface area contributed by atoms with Crippen LogP contribution in [0.25, 0.3) is 6.08 Å². The van der Waals surface area contributed by atoms with Gasteiger partial charge in [0.15, 0.2) is 5.60 Å². The molecule has 0 amide bonds. The first-order valence-electron chi connectivity index (χ1n) is 12.4. The molecule has 0 saturated carbocycles. The lowest BCUT2D eigenvalue weighted by molar-refractivity contribution is 0.0761. The Morgan fingerprint density at radius 1 is 0.917 bits per heavy atom. The largest absolute Gasteiger partial charge is 0.501 e. The van der Waals surface area contributed by atoms with Gasteiger partial charge in [0.2, 0.25) is 0 Å². The number of methoxy groups -OCH3 is 3. The molecule has 36 heavy (non-hydrogen) atoms. The van der Waals surface area contributed by atoms with E-state index in [9.17, 15) is 0 Å². The number of aryl methyl sites for hydroxylation is 1. The number of rotatable bonds is 6. The molecular formula is C31H35NO4. The molecule has 0 radical (unpaired) electrons. The quantitative estimate of drug-likeness (QED) is 0.403. The van der Waals surface area contributed by atoms with Crippen molar-refractivity contribution in [1.29, 1.82) is 0 Å². The van der Waals surface area contributed by atoms with Crippen LogP contribution in [0, 0.1) is 6.92 Å². The number of benzene rings is 3. The lowest BCUT2D eigenvalue weighted by Gasteiger charge is -2.42. The van der Waals surface area contributed by atoms with Gasteiger partial charge in [-0.2, -0.15) is 0 Å². The fraction of sp³-hybridized carbons (Fsp3) is 0.355. The smallest absolute Gasteiger partial charge is 0.159 e. The molecule has 0 aromatic heterocycles. The molecule has 3 aromatic rings. The second-order valence-corrected chi connectivity index (χ2v) is 9.85. The van der Waals surface area contributed by atoms with Gasteiger partial charge < -0.3 is 23.8 Å². The first kappa shape index (κ1) is 24.3. The normalized spacial score (nSPS) is 20.5. The van der Waals surface area contributed by atoms with Gasteiger partial charge in [-0.25, -0.2) is 0 Å². The molecule has 2 aliphatic rings. The average Bonchev–Trinajstić information content (AvgIpc) is 2.92. The van der Waals surface area contributed by atoms with Crippen LogP contribution >= 0.6 is 0 Å². The highest BCUT2D eigenvalue weighted by atomic mass is 16.5. The van der Waals surface area contributed by atoms with Crippen LogP contribution < -0.4 is 14.4 Å². The average molecular weight is 486 g/mol. The van der Waals surface area contributed by atoms with Crippen LogP contribution in [0.3, 0.4) is 0 Å². The SMILES string of the molecule is COC1=Cc2c(cc(C)c3c2OC(c2ccc(OC)cc2)(c2ccc(N(C)C)cc2)CC3)C(OC)C1. The Bertz CT molecular complexity index is 1280. The Labute approximate surface area is 214 Å². The van der Waals surface area contributed by atoms with Gasteiger partial charge in [-0.1, -0.05) is 30.3 Å². The maximum atomic E-state index is 7.22. The maximum Gasteiger partial charge on any atom is 0.159 e. The number of nitrogens with zero attached hydrogens (tertiary/aromatic N) is 1. The van der Waals surface area contributed by atoms with E-state index in [2.05, 4.69) is 74.5 Å². The Hall–Kier alpha value is -3.44. The van der Waals surface area contributed by atoms with E-state index in [1.54, 1.807) is 21.3 Å². The van der Waals surface area contributed by atoms with Gasteiger partial charge in [0.25, 0.3) is 0 Å². The summed E-state index contributed by atoms with van der Waals surface area (Å²) in [6.45, 7) is 2.18. The summed E-state index contributed by atoms with van der Waals surface area (Å²) in [5.74, 6) is 2.66. The fourth-order valence-corrected chi connectivity index (χ4v) is 5.57. The molecule has 0 fully saturated rings. The molecule has 0 N–H and O–H groups in total. The first-order valence-corrected chi connectivity index (χ1v) is 12.4. The lowest BCUT2D eigenvalue weighted by Crippen LogP contribution is -2.39. The Morgan fingerprint density at radius 2 is 1.58 bits per heavy atom. The minimum absolute atomic E-state index is 0.0655. The fourth-order valence-electron chi connectivity index (χ4n) is 5.57. The number of hydrogen-bond donors (Lipinski definition) is 0. The summed E-state index contributed by atoms with van der Waals surface area (Å²) < 4.78 is 24.2. The highest BCUT2D eigenvalue weighted by molar-refractivity contribution is 5.70. The minimum atomic E-state index is -0.632. The zero-order valence-electron chi connectivity index (χ0n) is 22.1. The molecule has 0 saturated heterocycles. The molecule has 188 valence electrons. The van der Waals surface area contributed by atoms with Gasteiger partial charge in [-0.15, -0.1) is 0 Å². The predicted octanol–water partition coefficient (Wildman–Crippen LogP) is 6.42. The molecule has 2 unspecified atom stereocenters. The number of hydrogen-bond acceptors (Lipinski definition) is 5. The minimum Gasteiger partial charge on any atom is -0.501 e. The monoisotopic (exact) mass is 485 g/mol. The van der Waals surface area contributed by atoms with Crippen molar-refractivity contribution in [1.82, 2.24) is 0 Å². The van der Waals surface area contributed by atoms with Gasteiger partial charge in [-0.05, 0) is 66.8 Å². The van der Waals surface area contributed by atoms with Crippen molar-refractivity contribution >= 4 is 11.8 Å². The third-order valence-electron chi connectivity index (χ3n) is 7.67. The summed E-state index contributed by atoms with van der Waals surface area (Å²) in [7, 11) is 9.29. The van der Waals surface area contributed by atoms with Crippen LogP contribution in [-0.2, 0) is 21.5 Å². The zero-order chi connectivity index (χ0) is 25.4. The molecular weight excluding hydrogens is 450 g/mol. The second kappa shape index (κ2) is 9.55. The van der Waals surface area contributed by atoms with Crippen LogP contribution in [0.15, 0.2) is 60.4 Å². The maximum absolute atomic E-state index is 7.22. The molecule has 1 aliphatic heterocycles. The van der Waals surface area contributed by atoms with Gasteiger partial charge in [0, 0.05) is 50.0 Å². The third-order valence-corrected chi connectivity index (χ3v) is 7.67. The standard InChI is InChI=1S/C31H35NO4/c1-20-17-27-28(18-25(34-5)19-29(27)35-6)30-26(20)15-16-31(36-30,22-9-13-24(33-4)14-10-22)21-7-11-23(12-8-21)32(2)3/h7-14,17-18,29H,15-16,19H2,1-6H3. The molecule has 0 spiro atoms. The number of fused-ring (bicyclic) bond motifs is 3. The highest BCUT2D eigenvalue weighted by Gasteiger charge is 2.42. The molecule has 3 aromatic carbocycles. The van der Waals surface area contributed by atoms with Crippen molar-refractivity contribution in [2.24, 2.45) is 0 Å². The van der Waals surface area contributed by atoms with E-state index in [0.29, 0.717) is 6.42 Å². The van der Waals surface area contributed by atoms with Crippen molar-refractivity contribution in [3.05, 3.63) is 93.7 Å². The highest BCUT2D eigenvalue weighted by Crippen LogP contribution is 2.50. The van der Waals surface area contributed by atoms with Crippen LogP contribution in [0.5, 0.6) is 11.5 Å².